The highest BCUT2D eigenvalue weighted by Gasteiger charge is 2.33. The number of methoxy groups -OCH3 is 2. The van der Waals surface area contributed by atoms with Gasteiger partial charge in [0.25, 0.3) is 0 Å². The Bertz CT molecular complexity index is 950. The molecule has 0 bridgehead atoms. The average molecular weight is 561 g/mol. The van der Waals surface area contributed by atoms with Gasteiger partial charge in [-0.1, -0.05) is 38.9 Å². The number of rotatable bonds is 19. The van der Waals surface area contributed by atoms with Crippen LogP contribution in [0.1, 0.15) is 65.4 Å². The van der Waals surface area contributed by atoms with Crippen LogP contribution in [-0.4, -0.2) is 75.5 Å². The van der Waals surface area contributed by atoms with Crippen LogP contribution >= 0.6 is 0 Å². The molecule has 1 unspecified atom stereocenters. The summed E-state index contributed by atoms with van der Waals surface area (Å²) in [6.07, 6.45) is 3.08. The number of ketones is 1. The lowest BCUT2D eigenvalue weighted by Gasteiger charge is -2.30. The van der Waals surface area contributed by atoms with E-state index in [2.05, 4.69) is 35.8 Å². The van der Waals surface area contributed by atoms with Crippen LogP contribution in [0, 0.1) is 29.6 Å². The van der Waals surface area contributed by atoms with Crippen molar-refractivity contribution < 1.29 is 24.1 Å². The summed E-state index contributed by atoms with van der Waals surface area (Å²) < 4.78 is 16.6. The van der Waals surface area contributed by atoms with Crippen LogP contribution in [0.5, 0.6) is 11.5 Å². The number of carbonyl (C=O) groups is 1. The summed E-state index contributed by atoms with van der Waals surface area (Å²) in [4.78, 5) is 18.6. The first-order valence-corrected chi connectivity index (χ1v) is 14.8. The van der Waals surface area contributed by atoms with Crippen LogP contribution in [0.2, 0.25) is 0 Å². The second kappa shape index (κ2) is 17.5. The van der Waals surface area contributed by atoms with Gasteiger partial charge >= 0.3 is 0 Å². The molecule has 1 heterocycles. The Morgan fingerprint density at radius 3 is 2.48 bits per heavy atom. The van der Waals surface area contributed by atoms with E-state index in [1.807, 2.05) is 32.0 Å². The Balaban J connectivity index is 2.12. The third kappa shape index (κ3) is 10.9. The highest BCUT2D eigenvalue weighted by atomic mass is 16.5. The topological polar surface area (TPSA) is 117 Å². The molecule has 226 valence electrons. The van der Waals surface area contributed by atoms with Crippen molar-refractivity contribution in [1.82, 2.24) is 4.90 Å². The molecule has 1 aliphatic rings. The lowest BCUT2D eigenvalue weighted by atomic mass is 9.79. The molecule has 0 radical (unpaired) electrons. The van der Waals surface area contributed by atoms with Crippen LogP contribution in [0.3, 0.4) is 0 Å². The molecule has 1 fully saturated rings. The maximum Gasteiger partial charge on any atom is 0.161 e. The lowest BCUT2D eigenvalue weighted by Crippen LogP contribution is -2.34. The lowest BCUT2D eigenvalue weighted by molar-refractivity contribution is -0.126. The number of aliphatic hydroxyl groups excluding tert-OH is 1. The van der Waals surface area contributed by atoms with Crippen molar-refractivity contribution in [3.8, 4) is 11.5 Å². The minimum Gasteiger partial charge on any atom is -0.493 e. The number of Topliss-reactive ketones (excluding diaryl/α,β-unsaturated/α-hetero) is 1. The molecule has 0 saturated carbocycles. The summed E-state index contributed by atoms with van der Waals surface area (Å²) in [6, 6.07) is 5.35. The monoisotopic (exact) mass is 560 g/mol. The maximum absolute atomic E-state index is 13.3. The van der Waals surface area contributed by atoms with Crippen LogP contribution in [0.25, 0.3) is 10.4 Å². The molecule has 0 aliphatic carbocycles. The van der Waals surface area contributed by atoms with Gasteiger partial charge in [0.1, 0.15) is 5.78 Å². The molecule has 5 atom stereocenters. The number of hydrogen-bond acceptors (Lipinski definition) is 7. The van der Waals surface area contributed by atoms with Gasteiger partial charge in [0, 0.05) is 43.9 Å². The minimum absolute atomic E-state index is 0.107. The Morgan fingerprint density at radius 2 is 1.90 bits per heavy atom. The largest absolute Gasteiger partial charge is 0.493 e. The molecule has 1 aromatic rings. The molecule has 40 heavy (non-hydrogen) atoms. The SMILES string of the molecule is COCCCOc1cc(C[C@@H](C[C@H](N=[N+]=[N-])[C@@H](O)C[C@H](C(=O)CC2CCN(C)C2)C(C)C)C(C)C)ccc1OC. The van der Waals surface area contributed by atoms with Crippen molar-refractivity contribution in [2.24, 2.45) is 34.7 Å². The van der Waals surface area contributed by atoms with E-state index < -0.39 is 12.1 Å². The normalized spacial score (nSPS) is 18.8. The fraction of sp³-hybridized carbons (Fsp3) is 0.774. The zero-order valence-electron chi connectivity index (χ0n) is 25.7. The van der Waals surface area contributed by atoms with Crippen molar-refractivity contribution in [3.05, 3.63) is 34.2 Å². The van der Waals surface area contributed by atoms with Crippen molar-refractivity contribution >= 4 is 5.78 Å². The smallest absolute Gasteiger partial charge is 0.161 e. The third-order valence-electron chi connectivity index (χ3n) is 8.30. The van der Waals surface area contributed by atoms with Gasteiger partial charge in [-0.3, -0.25) is 4.79 Å². The van der Waals surface area contributed by atoms with Gasteiger partial charge in [-0.15, -0.1) is 0 Å². The molecule has 0 amide bonds. The third-order valence-corrected chi connectivity index (χ3v) is 8.30. The number of aliphatic hydroxyl groups is 1. The fourth-order valence-electron chi connectivity index (χ4n) is 5.72. The molecular formula is C31H52N4O5. The predicted molar refractivity (Wildman–Crippen MR) is 159 cm³/mol. The van der Waals surface area contributed by atoms with Gasteiger partial charge in [-0.2, -0.15) is 0 Å². The number of nitrogens with zero attached hydrogens (tertiary/aromatic N) is 4. The number of ether oxygens (including phenoxy) is 3. The quantitative estimate of drug-likeness (QED) is 0.0970. The molecule has 0 spiro atoms. The number of hydrogen-bond donors (Lipinski definition) is 1. The van der Waals surface area contributed by atoms with E-state index >= 15 is 0 Å². The molecular weight excluding hydrogens is 508 g/mol. The van der Waals surface area contributed by atoms with Gasteiger partial charge in [0.05, 0.1) is 25.9 Å². The van der Waals surface area contributed by atoms with Crippen molar-refractivity contribution in [3.63, 3.8) is 0 Å². The Kier molecular flexibility index (Phi) is 14.8. The zero-order valence-corrected chi connectivity index (χ0v) is 25.7. The fourth-order valence-corrected chi connectivity index (χ4v) is 5.72. The van der Waals surface area contributed by atoms with E-state index in [0.717, 1.165) is 37.9 Å². The van der Waals surface area contributed by atoms with E-state index in [4.69, 9.17) is 14.2 Å². The van der Waals surface area contributed by atoms with Gasteiger partial charge in [-0.25, -0.2) is 0 Å². The number of likely N-dealkylation sites (tertiary alicyclic amines) is 1. The first-order chi connectivity index (χ1) is 19.1. The van der Waals surface area contributed by atoms with Crippen LogP contribution in [-0.2, 0) is 16.0 Å². The summed E-state index contributed by atoms with van der Waals surface area (Å²) in [5.41, 5.74) is 10.4. The summed E-state index contributed by atoms with van der Waals surface area (Å²) in [6.45, 7) is 11.5. The molecule has 9 nitrogen and oxygen atoms in total. The summed E-state index contributed by atoms with van der Waals surface area (Å²) in [5, 5.41) is 15.3. The molecule has 1 N–H and O–H groups in total. The number of azide groups is 1. The Morgan fingerprint density at radius 1 is 1.15 bits per heavy atom. The second-order valence-corrected chi connectivity index (χ2v) is 12.1. The summed E-state index contributed by atoms with van der Waals surface area (Å²) in [5.74, 6) is 2.26. The van der Waals surface area contributed by atoms with Gasteiger partial charge < -0.3 is 24.2 Å². The molecule has 2 rings (SSSR count). The number of carbonyl (C=O) groups excluding carboxylic acids is 1. The minimum atomic E-state index is -0.879. The highest BCUT2D eigenvalue weighted by molar-refractivity contribution is 5.81. The Labute approximate surface area is 241 Å². The van der Waals surface area contributed by atoms with E-state index in [-0.39, 0.29) is 23.5 Å². The Hall–Kier alpha value is -2.32. The van der Waals surface area contributed by atoms with Crippen molar-refractivity contribution in [2.45, 2.75) is 78.4 Å². The van der Waals surface area contributed by atoms with Crippen LogP contribution in [0.15, 0.2) is 23.3 Å². The molecule has 1 saturated heterocycles. The highest BCUT2D eigenvalue weighted by Crippen LogP contribution is 2.33. The van der Waals surface area contributed by atoms with Crippen LogP contribution in [0.4, 0.5) is 0 Å². The average Bonchev–Trinajstić information content (AvgIpc) is 3.32. The standard InChI is InChI=1S/C31H52N4O5/c1-21(2)25(15-23-9-10-30(39-7)31(17-23)40-14-8-13-38-6)18-27(33-34-32)29(37)19-26(22(3)4)28(36)16-24-11-12-35(5)20-24/h9-10,17,21-22,24-27,29,37H,8,11-16,18-20H2,1-7H3/t24?,25-,26-,27-,29-/m0/s1. The predicted octanol–water partition coefficient (Wildman–Crippen LogP) is 5.93. The maximum atomic E-state index is 13.3. The van der Waals surface area contributed by atoms with E-state index in [1.165, 1.54) is 0 Å². The van der Waals surface area contributed by atoms with Crippen LogP contribution < -0.4 is 9.47 Å². The molecule has 1 aliphatic heterocycles. The zero-order chi connectivity index (χ0) is 29.7. The first kappa shape index (κ1) is 33.9. The summed E-state index contributed by atoms with van der Waals surface area (Å²) in [7, 11) is 5.39. The number of benzene rings is 1. The molecule has 9 heteroatoms. The molecule has 1 aromatic carbocycles. The van der Waals surface area contributed by atoms with E-state index in [9.17, 15) is 15.4 Å². The van der Waals surface area contributed by atoms with Crippen molar-refractivity contribution in [2.75, 3.05) is 47.6 Å². The molecule has 0 aromatic heterocycles. The van der Waals surface area contributed by atoms with Gasteiger partial charge in [0.2, 0.25) is 0 Å². The van der Waals surface area contributed by atoms with E-state index in [1.54, 1.807) is 14.2 Å². The van der Waals surface area contributed by atoms with E-state index in [0.29, 0.717) is 55.8 Å². The van der Waals surface area contributed by atoms with Gasteiger partial charge in [-0.05, 0) is 86.2 Å². The van der Waals surface area contributed by atoms with Crippen molar-refractivity contribution in [1.29, 1.82) is 0 Å². The van der Waals surface area contributed by atoms with Gasteiger partial charge in [0.15, 0.2) is 11.5 Å². The summed E-state index contributed by atoms with van der Waals surface area (Å²) >= 11 is 0. The first-order valence-electron chi connectivity index (χ1n) is 14.8. The second-order valence-electron chi connectivity index (χ2n) is 12.1.